The highest BCUT2D eigenvalue weighted by atomic mass is 16.2. The Labute approximate surface area is 94.8 Å². The highest BCUT2D eigenvalue weighted by Crippen LogP contribution is 2.26. The number of hydrogen-bond acceptors (Lipinski definition) is 3. The molecule has 0 atom stereocenters. The van der Waals surface area contributed by atoms with Crippen molar-refractivity contribution < 1.29 is 4.79 Å². The summed E-state index contributed by atoms with van der Waals surface area (Å²) in [6, 6.07) is 1.80. The Kier molecular flexibility index (Phi) is 2.96. The van der Waals surface area contributed by atoms with Crippen LogP contribution in [-0.4, -0.2) is 21.6 Å². The molecule has 0 radical (unpaired) electrons. The van der Waals surface area contributed by atoms with E-state index in [0.29, 0.717) is 5.82 Å². The second kappa shape index (κ2) is 4.25. The summed E-state index contributed by atoms with van der Waals surface area (Å²) in [7, 11) is 0. The van der Waals surface area contributed by atoms with Crippen molar-refractivity contribution >= 4 is 11.7 Å². The monoisotopic (exact) mass is 222 g/mol. The minimum absolute atomic E-state index is 0.112. The van der Waals surface area contributed by atoms with Crippen molar-refractivity contribution in [1.82, 2.24) is 10.2 Å². The van der Waals surface area contributed by atoms with Gasteiger partial charge in [0.2, 0.25) is 5.91 Å². The molecule has 1 amide bonds. The lowest BCUT2D eigenvalue weighted by Crippen LogP contribution is -2.52. The lowest BCUT2D eigenvalue weighted by atomic mass is 9.82. The average Bonchev–Trinajstić information content (AvgIpc) is 2.65. The van der Waals surface area contributed by atoms with E-state index in [1.807, 2.05) is 6.92 Å². The number of anilines is 1. The summed E-state index contributed by atoms with van der Waals surface area (Å²) in [6.07, 6.45) is 4.77. The van der Waals surface area contributed by atoms with Crippen LogP contribution in [0.1, 0.15) is 37.8 Å². The van der Waals surface area contributed by atoms with E-state index in [1.54, 1.807) is 6.07 Å². The van der Waals surface area contributed by atoms with Crippen molar-refractivity contribution in [2.75, 3.05) is 5.32 Å². The third-order valence-corrected chi connectivity index (χ3v) is 3.15. The molecular formula is C11H18N4O. The fourth-order valence-corrected chi connectivity index (χ4v) is 2.13. The van der Waals surface area contributed by atoms with Crippen LogP contribution in [0, 0.1) is 6.92 Å². The van der Waals surface area contributed by atoms with Gasteiger partial charge in [-0.05, 0) is 19.8 Å². The first kappa shape index (κ1) is 11.1. The van der Waals surface area contributed by atoms with Crippen LogP contribution in [0.15, 0.2) is 6.07 Å². The van der Waals surface area contributed by atoms with E-state index in [1.165, 1.54) is 6.42 Å². The maximum absolute atomic E-state index is 12.0. The highest BCUT2D eigenvalue weighted by Gasteiger charge is 2.35. The number of nitrogens with one attached hydrogen (secondary N) is 2. The van der Waals surface area contributed by atoms with E-state index < -0.39 is 5.54 Å². The zero-order valence-electron chi connectivity index (χ0n) is 9.55. The smallest absolute Gasteiger partial charge is 0.245 e. The standard InChI is InChI=1S/C11H18N4O/c1-8-7-9(15-14-8)13-10(16)11(12)5-3-2-4-6-11/h7H,2-6,12H2,1H3,(H2,13,14,15,16). The molecular weight excluding hydrogens is 204 g/mol. The molecule has 2 rings (SSSR count). The number of nitrogens with two attached hydrogens (primary N) is 1. The average molecular weight is 222 g/mol. The SMILES string of the molecule is Cc1cc(NC(=O)C2(N)CCCCC2)n[nH]1. The second-order valence-corrected chi connectivity index (χ2v) is 4.61. The van der Waals surface area contributed by atoms with Crippen LogP contribution in [0.5, 0.6) is 0 Å². The second-order valence-electron chi connectivity index (χ2n) is 4.61. The van der Waals surface area contributed by atoms with Crippen LogP contribution >= 0.6 is 0 Å². The van der Waals surface area contributed by atoms with Gasteiger partial charge < -0.3 is 11.1 Å². The van der Waals surface area contributed by atoms with Gasteiger partial charge in [0, 0.05) is 11.8 Å². The van der Waals surface area contributed by atoms with Crippen molar-refractivity contribution in [3.05, 3.63) is 11.8 Å². The quantitative estimate of drug-likeness (QED) is 0.705. The van der Waals surface area contributed by atoms with E-state index in [4.69, 9.17) is 5.73 Å². The number of carbonyl (C=O) groups is 1. The lowest BCUT2D eigenvalue weighted by molar-refractivity contribution is -0.122. The van der Waals surface area contributed by atoms with Crippen molar-refractivity contribution in [1.29, 1.82) is 0 Å². The molecule has 1 aromatic heterocycles. The topological polar surface area (TPSA) is 83.8 Å². The third kappa shape index (κ3) is 2.24. The summed E-state index contributed by atoms with van der Waals surface area (Å²) in [4.78, 5) is 12.0. The molecule has 1 aliphatic rings. The number of aromatic nitrogens is 2. The molecule has 1 fully saturated rings. The molecule has 0 aromatic carbocycles. The number of aromatic amines is 1. The first-order valence-corrected chi connectivity index (χ1v) is 5.72. The van der Waals surface area contributed by atoms with Gasteiger partial charge in [-0.1, -0.05) is 19.3 Å². The molecule has 0 unspecified atom stereocenters. The molecule has 88 valence electrons. The van der Waals surface area contributed by atoms with Gasteiger partial charge in [-0.3, -0.25) is 9.89 Å². The molecule has 1 heterocycles. The molecule has 4 N–H and O–H groups in total. The summed E-state index contributed by atoms with van der Waals surface area (Å²) < 4.78 is 0. The Balaban J connectivity index is 2.01. The zero-order valence-corrected chi connectivity index (χ0v) is 9.55. The minimum Gasteiger partial charge on any atom is -0.317 e. The fourth-order valence-electron chi connectivity index (χ4n) is 2.13. The molecule has 0 aliphatic heterocycles. The summed E-state index contributed by atoms with van der Waals surface area (Å²) in [5.41, 5.74) is 6.33. The number of hydrogen-bond donors (Lipinski definition) is 3. The molecule has 5 heteroatoms. The lowest BCUT2D eigenvalue weighted by Gasteiger charge is -2.31. The molecule has 5 nitrogen and oxygen atoms in total. The van der Waals surface area contributed by atoms with Crippen LogP contribution in [0.4, 0.5) is 5.82 Å². The number of aryl methyl sites for hydroxylation is 1. The maximum Gasteiger partial charge on any atom is 0.245 e. The van der Waals surface area contributed by atoms with Crippen molar-refractivity contribution in [3.63, 3.8) is 0 Å². The molecule has 16 heavy (non-hydrogen) atoms. The van der Waals surface area contributed by atoms with Gasteiger partial charge in [0.1, 0.15) is 0 Å². The Morgan fingerprint density at radius 1 is 1.50 bits per heavy atom. The number of nitrogens with zero attached hydrogens (tertiary/aromatic N) is 1. The van der Waals surface area contributed by atoms with Gasteiger partial charge in [0.25, 0.3) is 0 Å². The van der Waals surface area contributed by atoms with E-state index in [0.717, 1.165) is 31.4 Å². The molecule has 1 aliphatic carbocycles. The fraction of sp³-hybridized carbons (Fsp3) is 0.636. The minimum atomic E-state index is -0.703. The van der Waals surface area contributed by atoms with Gasteiger partial charge in [0.05, 0.1) is 5.54 Å². The predicted octanol–water partition coefficient (Wildman–Crippen LogP) is 1.32. The highest BCUT2D eigenvalue weighted by molar-refractivity contribution is 5.97. The van der Waals surface area contributed by atoms with Gasteiger partial charge in [0.15, 0.2) is 5.82 Å². The van der Waals surface area contributed by atoms with E-state index >= 15 is 0 Å². The van der Waals surface area contributed by atoms with Crippen LogP contribution in [0.2, 0.25) is 0 Å². The van der Waals surface area contributed by atoms with Gasteiger partial charge >= 0.3 is 0 Å². The first-order valence-electron chi connectivity index (χ1n) is 5.72. The summed E-state index contributed by atoms with van der Waals surface area (Å²) >= 11 is 0. The molecule has 0 spiro atoms. The van der Waals surface area contributed by atoms with Gasteiger partial charge in [-0.25, -0.2) is 0 Å². The van der Waals surface area contributed by atoms with Crippen LogP contribution in [-0.2, 0) is 4.79 Å². The van der Waals surface area contributed by atoms with Gasteiger partial charge in [-0.2, -0.15) is 5.10 Å². The molecule has 1 aromatic rings. The largest absolute Gasteiger partial charge is 0.317 e. The summed E-state index contributed by atoms with van der Waals surface area (Å²) in [5, 5.41) is 9.52. The molecule has 0 bridgehead atoms. The summed E-state index contributed by atoms with van der Waals surface area (Å²) in [6.45, 7) is 1.89. The maximum atomic E-state index is 12.0. The van der Waals surface area contributed by atoms with Crippen LogP contribution < -0.4 is 11.1 Å². The Hall–Kier alpha value is -1.36. The van der Waals surface area contributed by atoms with E-state index in [9.17, 15) is 4.79 Å². The Morgan fingerprint density at radius 2 is 2.19 bits per heavy atom. The Morgan fingerprint density at radius 3 is 2.75 bits per heavy atom. The number of rotatable bonds is 2. The van der Waals surface area contributed by atoms with Crippen LogP contribution in [0.25, 0.3) is 0 Å². The Bertz CT molecular complexity index is 379. The van der Waals surface area contributed by atoms with E-state index in [2.05, 4.69) is 15.5 Å². The van der Waals surface area contributed by atoms with E-state index in [-0.39, 0.29) is 5.91 Å². The van der Waals surface area contributed by atoms with Crippen molar-refractivity contribution in [2.24, 2.45) is 5.73 Å². The zero-order chi connectivity index (χ0) is 11.6. The van der Waals surface area contributed by atoms with Gasteiger partial charge in [-0.15, -0.1) is 0 Å². The third-order valence-electron chi connectivity index (χ3n) is 3.15. The predicted molar refractivity (Wildman–Crippen MR) is 62.0 cm³/mol. The first-order chi connectivity index (χ1) is 7.60. The van der Waals surface area contributed by atoms with Crippen molar-refractivity contribution in [3.8, 4) is 0 Å². The van der Waals surface area contributed by atoms with Crippen LogP contribution in [0.3, 0.4) is 0 Å². The molecule has 1 saturated carbocycles. The number of H-pyrrole nitrogens is 1. The molecule has 0 saturated heterocycles. The van der Waals surface area contributed by atoms with Crippen molar-refractivity contribution in [2.45, 2.75) is 44.6 Å². The number of carbonyl (C=O) groups excluding carboxylic acids is 1. The number of amides is 1. The summed E-state index contributed by atoms with van der Waals surface area (Å²) in [5.74, 6) is 0.441. The normalized spacial score (nSPS) is 19.4.